The van der Waals surface area contributed by atoms with E-state index in [-0.39, 0.29) is 6.10 Å². The maximum absolute atomic E-state index is 9.33. The van der Waals surface area contributed by atoms with Crippen LogP contribution in [0.3, 0.4) is 0 Å². The Morgan fingerprint density at radius 3 is 2.65 bits per heavy atom. The van der Waals surface area contributed by atoms with Gasteiger partial charge in [0.1, 0.15) is 0 Å². The van der Waals surface area contributed by atoms with Crippen molar-refractivity contribution in [3.8, 4) is 0 Å². The lowest BCUT2D eigenvalue weighted by Gasteiger charge is -2.40. The summed E-state index contributed by atoms with van der Waals surface area (Å²) in [5.41, 5.74) is 1.43. The van der Waals surface area contributed by atoms with Crippen LogP contribution in [0.25, 0.3) is 0 Å². The maximum atomic E-state index is 9.33. The summed E-state index contributed by atoms with van der Waals surface area (Å²) in [6, 6.07) is 11.4. The Labute approximate surface area is 123 Å². The lowest BCUT2D eigenvalue weighted by atomic mass is 10.0. The molecule has 0 saturated carbocycles. The SMILES string of the molecule is CC(O)CCCCN1CCN(C)CC1c1ccccc1. The number of benzene rings is 1. The molecule has 3 heteroatoms. The molecule has 0 aliphatic carbocycles. The first-order valence-electron chi connectivity index (χ1n) is 7.82. The predicted molar refractivity (Wildman–Crippen MR) is 83.8 cm³/mol. The molecule has 1 fully saturated rings. The van der Waals surface area contributed by atoms with Crippen LogP contribution in [0.15, 0.2) is 30.3 Å². The third-order valence-corrected chi connectivity index (χ3v) is 4.20. The van der Waals surface area contributed by atoms with Crippen LogP contribution in [0.5, 0.6) is 0 Å². The summed E-state index contributed by atoms with van der Waals surface area (Å²) < 4.78 is 0. The van der Waals surface area contributed by atoms with E-state index in [1.54, 1.807) is 0 Å². The molecule has 1 N–H and O–H groups in total. The van der Waals surface area contributed by atoms with Crippen molar-refractivity contribution in [3.63, 3.8) is 0 Å². The molecule has 0 amide bonds. The molecule has 20 heavy (non-hydrogen) atoms. The van der Waals surface area contributed by atoms with Crippen molar-refractivity contribution in [2.24, 2.45) is 0 Å². The first-order chi connectivity index (χ1) is 9.66. The largest absolute Gasteiger partial charge is 0.393 e. The fraction of sp³-hybridized carbons (Fsp3) is 0.647. The van der Waals surface area contributed by atoms with Crippen LogP contribution in [0, 0.1) is 0 Å². The fourth-order valence-electron chi connectivity index (χ4n) is 2.97. The van der Waals surface area contributed by atoms with Gasteiger partial charge in [-0.25, -0.2) is 0 Å². The van der Waals surface area contributed by atoms with Crippen LogP contribution < -0.4 is 0 Å². The van der Waals surface area contributed by atoms with E-state index in [2.05, 4.69) is 47.2 Å². The highest BCUT2D eigenvalue weighted by atomic mass is 16.3. The second kappa shape index (κ2) is 7.77. The smallest absolute Gasteiger partial charge is 0.0512 e. The zero-order chi connectivity index (χ0) is 14.4. The minimum absolute atomic E-state index is 0.160. The van der Waals surface area contributed by atoms with Crippen LogP contribution in [0.1, 0.15) is 37.8 Å². The number of aliphatic hydroxyl groups excluding tert-OH is 1. The highest BCUT2D eigenvalue weighted by Crippen LogP contribution is 2.25. The topological polar surface area (TPSA) is 26.7 Å². The maximum Gasteiger partial charge on any atom is 0.0512 e. The van der Waals surface area contributed by atoms with Crippen molar-refractivity contribution in [2.75, 3.05) is 33.2 Å². The average molecular weight is 276 g/mol. The van der Waals surface area contributed by atoms with E-state index < -0.39 is 0 Å². The van der Waals surface area contributed by atoms with E-state index >= 15 is 0 Å². The van der Waals surface area contributed by atoms with Gasteiger partial charge in [-0.3, -0.25) is 4.90 Å². The van der Waals surface area contributed by atoms with Gasteiger partial charge in [-0.15, -0.1) is 0 Å². The fourth-order valence-corrected chi connectivity index (χ4v) is 2.97. The van der Waals surface area contributed by atoms with Crippen molar-refractivity contribution in [3.05, 3.63) is 35.9 Å². The molecule has 2 rings (SSSR count). The molecule has 1 saturated heterocycles. The third kappa shape index (κ3) is 4.58. The first-order valence-corrected chi connectivity index (χ1v) is 7.82. The minimum atomic E-state index is -0.160. The number of hydrogen-bond acceptors (Lipinski definition) is 3. The highest BCUT2D eigenvalue weighted by Gasteiger charge is 2.25. The lowest BCUT2D eigenvalue weighted by Crippen LogP contribution is -2.47. The lowest BCUT2D eigenvalue weighted by molar-refractivity contribution is 0.0865. The van der Waals surface area contributed by atoms with Crippen LogP contribution in [0.2, 0.25) is 0 Å². The van der Waals surface area contributed by atoms with Crippen molar-refractivity contribution >= 4 is 0 Å². The molecule has 3 nitrogen and oxygen atoms in total. The standard InChI is InChI=1S/C17H28N2O/c1-15(20)8-6-7-11-19-13-12-18(2)14-17(19)16-9-4-3-5-10-16/h3-5,9-10,15,17,20H,6-8,11-14H2,1-2H3. The highest BCUT2D eigenvalue weighted by molar-refractivity contribution is 5.20. The van der Waals surface area contributed by atoms with E-state index in [4.69, 9.17) is 0 Å². The zero-order valence-electron chi connectivity index (χ0n) is 12.8. The Balaban J connectivity index is 1.91. The predicted octanol–water partition coefficient (Wildman–Crippen LogP) is 2.53. The first kappa shape index (κ1) is 15.5. The van der Waals surface area contributed by atoms with Crippen LogP contribution in [-0.2, 0) is 0 Å². The molecular weight excluding hydrogens is 248 g/mol. The van der Waals surface area contributed by atoms with Crippen molar-refractivity contribution < 1.29 is 5.11 Å². The second-order valence-corrected chi connectivity index (χ2v) is 6.07. The van der Waals surface area contributed by atoms with Crippen LogP contribution in [0.4, 0.5) is 0 Å². The molecule has 0 spiro atoms. The van der Waals surface area contributed by atoms with Gasteiger partial charge < -0.3 is 10.0 Å². The van der Waals surface area contributed by atoms with Gasteiger partial charge in [0.2, 0.25) is 0 Å². The van der Waals surface area contributed by atoms with Gasteiger partial charge in [0.05, 0.1) is 6.10 Å². The quantitative estimate of drug-likeness (QED) is 0.809. The van der Waals surface area contributed by atoms with E-state index in [1.165, 1.54) is 12.0 Å². The van der Waals surface area contributed by atoms with E-state index in [1.807, 2.05) is 6.92 Å². The van der Waals surface area contributed by atoms with Crippen LogP contribution >= 0.6 is 0 Å². The van der Waals surface area contributed by atoms with Crippen molar-refractivity contribution in [1.29, 1.82) is 0 Å². The molecule has 2 atom stereocenters. The second-order valence-electron chi connectivity index (χ2n) is 6.07. The summed E-state index contributed by atoms with van der Waals surface area (Å²) in [6.45, 7) is 6.42. The summed E-state index contributed by atoms with van der Waals surface area (Å²) in [4.78, 5) is 5.03. The van der Waals surface area contributed by atoms with Gasteiger partial charge in [-0.1, -0.05) is 30.3 Å². The molecule has 0 radical (unpaired) electrons. The molecule has 1 aromatic carbocycles. The molecule has 2 unspecified atom stereocenters. The number of likely N-dealkylation sites (N-methyl/N-ethyl adjacent to an activating group) is 1. The van der Waals surface area contributed by atoms with Gasteiger partial charge >= 0.3 is 0 Å². The van der Waals surface area contributed by atoms with Gasteiger partial charge in [0.15, 0.2) is 0 Å². The normalized spacial score (nSPS) is 22.9. The van der Waals surface area contributed by atoms with E-state index in [0.29, 0.717) is 6.04 Å². The van der Waals surface area contributed by atoms with Gasteiger partial charge in [0.25, 0.3) is 0 Å². The molecule has 1 aliphatic rings. The molecule has 112 valence electrons. The summed E-state index contributed by atoms with van der Waals surface area (Å²) in [5.74, 6) is 0. The number of unbranched alkanes of at least 4 members (excludes halogenated alkanes) is 1. The molecule has 1 heterocycles. The summed E-state index contributed by atoms with van der Waals surface area (Å²) in [5, 5.41) is 9.33. The Kier molecular flexibility index (Phi) is 6.02. The zero-order valence-corrected chi connectivity index (χ0v) is 12.8. The number of aliphatic hydroxyl groups is 1. The minimum Gasteiger partial charge on any atom is -0.393 e. The molecular formula is C17H28N2O. The third-order valence-electron chi connectivity index (χ3n) is 4.20. The Morgan fingerprint density at radius 2 is 1.95 bits per heavy atom. The monoisotopic (exact) mass is 276 g/mol. The van der Waals surface area contributed by atoms with E-state index in [9.17, 15) is 5.11 Å². The Hall–Kier alpha value is -0.900. The summed E-state index contributed by atoms with van der Waals surface area (Å²) in [7, 11) is 2.21. The van der Waals surface area contributed by atoms with Gasteiger partial charge in [0, 0.05) is 25.7 Å². The summed E-state index contributed by atoms with van der Waals surface area (Å²) >= 11 is 0. The number of piperazine rings is 1. The van der Waals surface area contributed by atoms with Gasteiger partial charge in [-0.05, 0) is 45.3 Å². The number of hydrogen-bond donors (Lipinski definition) is 1. The Morgan fingerprint density at radius 1 is 1.20 bits per heavy atom. The van der Waals surface area contributed by atoms with E-state index in [0.717, 1.165) is 39.0 Å². The molecule has 0 aromatic heterocycles. The summed E-state index contributed by atoms with van der Waals surface area (Å²) in [6.07, 6.45) is 3.06. The Bertz CT molecular complexity index is 380. The number of nitrogens with zero attached hydrogens (tertiary/aromatic N) is 2. The molecule has 0 bridgehead atoms. The average Bonchev–Trinajstić information content (AvgIpc) is 2.45. The van der Waals surface area contributed by atoms with Crippen molar-refractivity contribution in [1.82, 2.24) is 9.80 Å². The van der Waals surface area contributed by atoms with Crippen molar-refractivity contribution in [2.45, 2.75) is 38.3 Å². The molecule has 1 aliphatic heterocycles. The van der Waals surface area contributed by atoms with Gasteiger partial charge in [-0.2, -0.15) is 0 Å². The number of rotatable bonds is 6. The van der Waals surface area contributed by atoms with Crippen LogP contribution in [-0.4, -0.2) is 54.2 Å². The molecule has 1 aromatic rings.